The van der Waals surface area contributed by atoms with Crippen LogP contribution < -0.4 is 10.5 Å². The lowest BCUT2D eigenvalue weighted by Crippen LogP contribution is -2.55. The summed E-state index contributed by atoms with van der Waals surface area (Å²) in [7, 11) is -3.67. The molecule has 0 unspecified atom stereocenters. The number of oxime groups is 1. The number of sulfonamides is 1. The molecule has 0 bridgehead atoms. The number of rotatable bonds is 4. The first-order valence-electron chi connectivity index (χ1n) is 5.67. The SMILES string of the molecule is N/C(=N/O)C1(NS(=O)(=O)c2ccc(Br)s2)CCCC1. The summed E-state index contributed by atoms with van der Waals surface area (Å²) < 4.78 is 28.2. The molecule has 1 saturated carbocycles. The van der Waals surface area contributed by atoms with Gasteiger partial charge in [0.1, 0.15) is 4.21 Å². The Morgan fingerprint density at radius 1 is 1.47 bits per heavy atom. The van der Waals surface area contributed by atoms with Crippen LogP contribution in [0.25, 0.3) is 0 Å². The number of hydrogen-bond acceptors (Lipinski definition) is 5. The van der Waals surface area contributed by atoms with Crippen molar-refractivity contribution in [1.82, 2.24) is 4.72 Å². The lowest BCUT2D eigenvalue weighted by atomic mass is 9.98. The molecule has 0 spiro atoms. The number of hydrogen-bond donors (Lipinski definition) is 3. The number of amidine groups is 1. The zero-order valence-corrected chi connectivity index (χ0v) is 13.2. The van der Waals surface area contributed by atoms with E-state index in [1.165, 1.54) is 6.07 Å². The molecular formula is C10H14BrN3O3S2. The van der Waals surface area contributed by atoms with Crippen molar-refractivity contribution in [1.29, 1.82) is 0 Å². The molecule has 1 heterocycles. The van der Waals surface area contributed by atoms with Crippen LogP contribution in [0.15, 0.2) is 25.3 Å². The summed E-state index contributed by atoms with van der Waals surface area (Å²) in [5.74, 6) is -0.0794. The summed E-state index contributed by atoms with van der Waals surface area (Å²) in [6, 6.07) is 3.19. The third kappa shape index (κ3) is 2.93. The second-order valence-corrected chi connectivity index (χ2v) is 8.81. The van der Waals surface area contributed by atoms with Crippen molar-refractivity contribution in [2.24, 2.45) is 10.9 Å². The molecule has 0 aromatic carbocycles. The highest BCUT2D eigenvalue weighted by Crippen LogP contribution is 2.33. The number of nitrogens with one attached hydrogen (secondary N) is 1. The fraction of sp³-hybridized carbons (Fsp3) is 0.500. The maximum atomic E-state index is 12.3. The van der Waals surface area contributed by atoms with Gasteiger partial charge in [-0.2, -0.15) is 4.72 Å². The minimum absolute atomic E-state index is 0.0794. The second-order valence-electron chi connectivity index (χ2n) is 4.44. The molecule has 106 valence electrons. The standard InChI is InChI=1S/C10H14BrN3O3S2/c11-7-3-4-8(18-7)19(16,17)14-10(9(12)13-15)5-1-2-6-10/h3-4,14-15H,1-2,5-6H2,(H2,12,13). The minimum atomic E-state index is -3.67. The summed E-state index contributed by atoms with van der Waals surface area (Å²) >= 11 is 4.35. The van der Waals surface area contributed by atoms with Crippen molar-refractivity contribution in [3.05, 3.63) is 15.9 Å². The zero-order valence-electron chi connectivity index (χ0n) is 9.97. The highest BCUT2D eigenvalue weighted by atomic mass is 79.9. The second kappa shape index (κ2) is 5.39. The van der Waals surface area contributed by atoms with Gasteiger partial charge in [-0.05, 0) is 40.9 Å². The maximum absolute atomic E-state index is 12.3. The Labute approximate surface area is 123 Å². The van der Waals surface area contributed by atoms with Gasteiger partial charge >= 0.3 is 0 Å². The summed E-state index contributed by atoms with van der Waals surface area (Å²) in [6.45, 7) is 0. The summed E-state index contributed by atoms with van der Waals surface area (Å²) in [6.07, 6.45) is 2.75. The molecule has 19 heavy (non-hydrogen) atoms. The van der Waals surface area contributed by atoms with E-state index in [1.54, 1.807) is 6.07 Å². The summed E-state index contributed by atoms with van der Waals surface area (Å²) in [4.78, 5) is 0. The van der Waals surface area contributed by atoms with Crippen molar-refractivity contribution in [2.45, 2.75) is 35.4 Å². The van der Waals surface area contributed by atoms with Crippen LogP contribution in [0, 0.1) is 0 Å². The Morgan fingerprint density at radius 2 is 2.11 bits per heavy atom. The first kappa shape index (κ1) is 14.8. The van der Waals surface area contributed by atoms with E-state index in [-0.39, 0.29) is 10.0 Å². The van der Waals surface area contributed by atoms with Crippen LogP contribution in [-0.4, -0.2) is 25.0 Å². The van der Waals surface area contributed by atoms with E-state index in [0.717, 1.165) is 28.0 Å². The predicted molar refractivity (Wildman–Crippen MR) is 76.9 cm³/mol. The fourth-order valence-corrected chi connectivity index (χ4v) is 5.68. The Morgan fingerprint density at radius 3 is 2.58 bits per heavy atom. The molecular weight excluding hydrogens is 354 g/mol. The quantitative estimate of drug-likeness (QED) is 0.326. The molecule has 9 heteroatoms. The average molecular weight is 368 g/mol. The van der Waals surface area contributed by atoms with Crippen LogP contribution in [0.4, 0.5) is 0 Å². The van der Waals surface area contributed by atoms with Crippen molar-refractivity contribution >= 4 is 43.1 Å². The third-order valence-corrected chi connectivity index (χ3v) is 6.85. The van der Waals surface area contributed by atoms with Gasteiger partial charge in [0.15, 0.2) is 5.84 Å². The number of thiophene rings is 1. The van der Waals surface area contributed by atoms with Gasteiger partial charge in [0.2, 0.25) is 0 Å². The molecule has 0 atom stereocenters. The van der Waals surface area contributed by atoms with Crippen molar-refractivity contribution in [3.8, 4) is 0 Å². The van der Waals surface area contributed by atoms with Gasteiger partial charge in [0, 0.05) is 0 Å². The fourth-order valence-electron chi connectivity index (χ4n) is 2.23. The third-order valence-electron chi connectivity index (χ3n) is 3.20. The van der Waals surface area contributed by atoms with Gasteiger partial charge in [0.25, 0.3) is 10.0 Å². The molecule has 6 nitrogen and oxygen atoms in total. The summed E-state index contributed by atoms with van der Waals surface area (Å²) in [5, 5.41) is 11.8. The van der Waals surface area contributed by atoms with Crippen LogP contribution in [0.3, 0.4) is 0 Å². The molecule has 0 aliphatic heterocycles. The van der Waals surface area contributed by atoms with Crippen LogP contribution in [0.5, 0.6) is 0 Å². The lowest BCUT2D eigenvalue weighted by molar-refractivity contribution is 0.310. The lowest BCUT2D eigenvalue weighted by Gasteiger charge is -2.27. The van der Waals surface area contributed by atoms with E-state index >= 15 is 0 Å². The smallest absolute Gasteiger partial charge is 0.251 e. The summed E-state index contributed by atoms with van der Waals surface area (Å²) in [5.41, 5.74) is 4.70. The molecule has 2 rings (SSSR count). The van der Waals surface area contributed by atoms with Crippen molar-refractivity contribution in [3.63, 3.8) is 0 Å². The van der Waals surface area contributed by atoms with E-state index < -0.39 is 15.6 Å². The highest BCUT2D eigenvalue weighted by Gasteiger charge is 2.42. The Bertz CT molecular complexity index is 591. The highest BCUT2D eigenvalue weighted by molar-refractivity contribution is 9.11. The van der Waals surface area contributed by atoms with E-state index in [1.807, 2.05) is 0 Å². The molecule has 1 aromatic heterocycles. The molecule has 0 radical (unpaired) electrons. The largest absolute Gasteiger partial charge is 0.409 e. The molecule has 0 amide bonds. The molecule has 0 saturated heterocycles. The van der Waals surface area contributed by atoms with E-state index in [2.05, 4.69) is 25.8 Å². The molecule has 1 fully saturated rings. The van der Waals surface area contributed by atoms with Crippen LogP contribution in [0.1, 0.15) is 25.7 Å². The van der Waals surface area contributed by atoms with Gasteiger partial charge in [-0.1, -0.05) is 18.0 Å². The molecule has 1 aromatic rings. The maximum Gasteiger partial charge on any atom is 0.251 e. The van der Waals surface area contributed by atoms with Gasteiger partial charge in [-0.3, -0.25) is 0 Å². The Balaban J connectivity index is 2.32. The van der Waals surface area contributed by atoms with E-state index in [9.17, 15) is 8.42 Å². The van der Waals surface area contributed by atoms with Gasteiger partial charge in [-0.15, -0.1) is 11.3 Å². The van der Waals surface area contributed by atoms with Crippen molar-refractivity contribution < 1.29 is 13.6 Å². The van der Waals surface area contributed by atoms with Crippen molar-refractivity contribution in [2.75, 3.05) is 0 Å². The Kier molecular flexibility index (Phi) is 4.19. The number of nitrogens with zero attached hydrogens (tertiary/aromatic N) is 1. The van der Waals surface area contributed by atoms with Gasteiger partial charge in [-0.25, -0.2) is 8.42 Å². The monoisotopic (exact) mass is 367 g/mol. The minimum Gasteiger partial charge on any atom is -0.409 e. The average Bonchev–Trinajstić information content (AvgIpc) is 2.98. The molecule has 1 aliphatic rings. The van der Waals surface area contributed by atoms with Crippen LogP contribution in [-0.2, 0) is 10.0 Å². The predicted octanol–water partition coefficient (Wildman–Crippen LogP) is 1.85. The van der Waals surface area contributed by atoms with Gasteiger partial charge < -0.3 is 10.9 Å². The zero-order chi connectivity index (χ0) is 14.1. The van der Waals surface area contributed by atoms with E-state index in [0.29, 0.717) is 12.8 Å². The molecule has 4 N–H and O–H groups in total. The topological polar surface area (TPSA) is 105 Å². The first-order valence-corrected chi connectivity index (χ1v) is 8.76. The Hall–Kier alpha value is -0.640. The van der Waals surface area contributed by atoms with Gasteiger partial charge in [0.05, 0.1) is 9.33 Å². The first-order chi connectivity index (χ1) is 8.89. The number of nitrogens with two attached hydrogens (primary N) is 1. The number of halogens is 1. The van der Waals surface area contributed by atoms with Crippen LogP contribution >= 0.6 is 27.3 Å². The van der Waals surface area contributed by atoms with E-state index in [4.69, 9.17) is 10.9 Å². The molecule has 1 aliphatic carbocycles. The normalized spacial score (nSPS) is 19.7. The van der Waals surface area contributed by atoms with Crippen LogP contribution in [0.2, 0.25) is 0 Å².